The van der Waals surface area contributed by atoms with Gasteiger partial charge < -0.3 is 18.9 Å². The van der Waals surface area contributed by atoms with E-state index in [0.717, 1.165) is 23.4 Å². The number of fused-ring (bicyclic) bond motifs is 1. The highest BCUT2D eigenvalue weighted by Gasteiger charge is 2.20. The summed E-state index contributed by atoms with van der Waals surface area (Å²) in [5, 5.41) is 4.00. The lowest BCUT2D eigenvalue weighted by atomic mass is 10.1. The standard InChI is InChI=1S/C22H22N2O4/c1-14-10-16-4-5-17(11-20(16)27-14)21-12-18(23-28-21)13-26-22(25)15-6-8-19(9-7-15)24(2)3/h4-9,11-12,14H,10,13H2,1-3H3. The molecule has 2 heterocycles. The van der Waals surface area contributed by atoms with Crippen LogP contribution in [0.3, 0.4) is 0 Å². The molecule has 1 aliphatic heterocycles. The SMILES string of the molecule is CC1Cc2ccc(-c3cc(COC(=O)c4ccc(N(C)C)cc4)no3)cc2O1. The maximum absolute atomic E-state index is 12.2. The Balaban J connectivity index is 1.40. The summed E-state index contributed by atoms with van der Waals surface area (Å²) in [5.41, 5.74) is 4.16. The lowest BCUT2D eigenvalue weighted by Gasteiger charge is -2.12. The van der Waals surface area contributed by atoms with Crippen molar-refractivity contribution in [3.63, 3.8) is 0 Å². The van der Waals surface area contributed by atoms with Crippen molar-refractivity contribution < 1.29 is 18.8 Å². The molecule has 6 nitrogen and oxygen atoms in total. The molecule has 0 radical (unpaired) electrons. The van der Waals surface area contributed by atoms with Gasteiger partial charge in [-0.2, -0.15) is 0 Å². The third-order valence-electron chi connectivity index (χ3n) is 4.72. The van der Waals surface area contributed by atoms with Crippen LogP contribution < -0.4 is 9.64 Å². The molecule has 0 N–H and O–H groups in total. The fourth-order valence-electron chi connectivity index (χ4n) is 3.19. The molecule has 6 heteroatoms. The van der Waals surface area contributed by atoms with Gasteiger partial charge in [-0.25, -0.2) is 4.79 Å². The molecule has 144 valence electrons. The van der Waals surface area contributed by atoms with Gasteiger partial charge in [0.2, 0.25) is 0 Å². The van der Waals surface area contributed by atoms with Crippen molar-refractivity contribution in [2.75, 3.05) is 19.0 Å². The van der Waals surface area contributed by atoms with Crippen LogP contribution in [0.25, 0.3) is 11.3 Å². The summed E-state index contributed by atoms with van der Waals surface area (Å²) < 4.78 is 16.6. The van der Waals surface area contributed by atoms with Gasteiger partial charge in [0.25, 0.3) is 0 Å². The monoisotopic (exact) mass is 378 g/mol. The van der Waals surface area contributed by atoms with E-state index in [1.807, 2.05) is 49.3 Å². The molecular formula is C22H22N2O4. The molecule has 3 aromatic rings. The molecule has 1 unspecified atom stereocenters. The second-order valence-corrected chi connectivity index (χ2v) is 7.16. The van der Waals surface area contributed by atoms with Crippen LogP contribution in [-0.4, -0.2) is 31.3 Å². The lowest BCUT2D eigenvalue weighted by molar-refractivity contribution is 0.0464. The van der Waals surface area contributed by atoms with Gasteiger partial charge in [0.15, 0.2) is 5.76 Å². The average Bonchev–Trinajstić information content (AvgIpc) is 3.31. The normalized spacial score (nSPS) is 15.0. The van der Waals surface area contributed by atoms with E-state index in [1.54, 1.807) is 18.2 Å². The molecule has 1 atom stereocenters. The molecule has 0 spiro atoms. The number of anilines is 1. The molecule has 1 aromatic heterocycles. The number of hydrogen-bond donors (Lipinski definition) is 0. The number of hydrogen-bond acceptors (Lipinski definition) is 6. The molecule has 0 aliphatic carbocycles. The third-order valence-corrected chi connectivity index (χ3v) is 4.72. The highest BCUT2D eigenvalue weighted by molar-refractivity contribution is 5.89. The van der Waals surface area contributed by atoms with Crippen LogP contribution >= 0.6 is 0 Å². The molecule has 0 bridgehead atoms. The molecule has 0 saturated heterocycles. The maximum atomic E-state index is 12.2. The molecule has 1 aliphatic rings. The van der Waals surface area contributed by atoms with Gasteiger partial charge in [-0.05, 0) is 42.8 Å². The van der Waals surface area contributed by atoms with E-state index < -0.39 is 5.97 Å². The zero-order valence-electron chi connectivity index (χ0n) is 16.1. The Labute approximate surface area is 163 Å². The molecule has 0 saturated carbocycles. The van der Waals surface area contributed by atoms with Crippen LogP contribution in [0.15, 0.2) is 53.1 Å². The number of carbonyl (C=O) groups excluding carboxylic acids is 1. The van der Waals surface area contributed by atoms with E-state index in [4.69, 9.17) is 14.0 Å². The number of aromatic nitrogens is 1. The predicted octanol–water partition coefficient (Wildman–Crippen LogP) is 4.09. The lowest BCUT2D eigenvalue weighted by Crippen LogP contribution is -2.09. The minimum absolute atomic E-state index is 0.0518. The smallest absolute Gasteiger partial charge is 0.338 e. The summed E-state index contributed by atoms with van der Waals surface area (Å²) in [4.78, 5) is 14.2. The zero-order chi connectivity index (χ0) is 19.7. The second kappa shape index (κ2) is 7.38. The molecule has 0 amide bonds. The Kier molecular flexibility index (Phi) is 4.77. The molecule has 4 rings (SSSR count). The number of ether oxygens (including phenoxy) is 2. The van der Waals surface area contributed by atoms with Crippen LogP contribution in [-0.2, 0) is 17.8 Å². The first-order chi connectivity index (χ1) is 13.5. The van der Waals surface area contributed by atoms with Crippen molar-refractivity contribution in [2.45, 2.75) is 26.1 Å². The summed E-state index contributed by atoms with van der Waals surface area (Å²) in [5.74, 6) is 1.11. The summed E-state index contributed by atoms with van der Waals surface area (Å²) in [7, 11) is 3.90. The summed E-state index contributed by atoms with van der Waals surface area (Å²) in [6.45, 7) is 2.10. The number of carbonyl (C=O) groups is 1. The van der Waals surface area contributed by atoms with Crippen molar-refractivity contribution in [1.82, 2.24) is 5.16 Å². The first kappa shape index (κ1) is 18.1. The summed E-state index contributed by atoms with van der Waals surface area (Å²) in [6, 6.07) is 15.0. The Hall–Kier alpha value is -3.28. The van der Waals surface area contributed by atoms with E-state index >= 15 is 0 Å². The highest BCUT2D eigenvalue weighted by Crippen LogP contribution is 2.33. The van der Waals surface area contributed by atoms with Crippen molar-refractivity contribution >= 4 is 11.7 Å². The van der Waals surface area contributed by atoms with Crippen LogP contribution in [0, 0.1) is 0 Å². The molecule has 2 aromatic carbocycles. The quantitative estimate of drug-likeness (QED) is 0.623. The fourth-order valence-corrected chi connectivity index (χ4v) is 3.19. The van der Waals surface area contributed by atoms with Crippen LogP contribution in [0.2, 0.25) is 0 Å². The van der Waals surface area contributed by atoms with E-state index in [0.29, 0.717) is 17.0 Å². The van der Waals surface area contributed by atoms with Crippen molar-refractivity contribution in [2.24, 2.45) is 0 Å². The number of benzene rings is 2. The third kappa shape index (κ3) is 3.71. The van der Waals surface area contributed by atoms with Crippen LogP contribution in [0.5, 0.6) is 5.75 Å². The number of nitrogens with zero attached hydrogens (tertiary/aromatic N) is 2. The summed E-state index contributed by atoms with van der Waals surface area (Å²) >= 11 is 0. The first-order valence-corrected chi connectivity index (χ1v) is 9.19. The second-order valence-electron chi connectivity index (χ2n) is 7.16. The molecule has 0 fully saturated rings. The van der Waals surface area contributed by atoms with Gasteiger partial charge in [0, 0.05) is 37.8 Å². The molecule has 28 heavy (non-hydrogen) atoms. The van der Waals surface area contributed by atoms with Gasteiger partial charge in [0.05, 0.1) is 5.56 Å². The predicted molar refractivity (Wildman–Crippen MR) is 106 cm³/mol. The Morgan fingerprint density at radius 2 is 1.96 bits per heavy atom. The Morgan fingerprint density at radius 1 is 1.18 bits per heavy atom. The maximum Gasteiger partial charge on any atom is 0.338 e. The topological polar surface area (TPSA) is 64.8 Å². The molecular weight excluding hydrogens is 356 g/mol. The minimum Gasteiger partial charge on any atom is -0.490 e. The van der Waals surface area contributed by atoms with E-state index in [9.17, 15) is 4.79 Å². The average molecular weight is 378 g/mol. The van der Waals surface area contributed by atoms with E-state index in [-0.39, 0.29) is 12.7 Å². The van der Waals surface area contributed by atoms with Crippen molar-refractivity contribution in [3.05, 3.63) is 65.4 Å². The van der Waals surface area contributed by atoms with Crippen LogP contribution in [0.4, 0.5) is 5.69 Å². The zero-order valence-corrected chi connectivity index (χ0v) is 16.1. The van der Waals surface area contributed by atoms with Gasteiger partial charge in [0.1, 0.15) is 24.2 Å². The van der Waals surface area contributed by atoms with E-state index in [1.165, 1.54) is 5.56 Å². The Morgan fingerprint density at radius 3 is 2.71 bits per heavy atom. The van der Waals surface area contributed by atoms with Gasteiger partial charge in [-0.3, -0.25) is 0 Å². The number of esters is 1. The first-order valence-electron chi connectivity index (χ1n) is 9.19. The van der Waals surface area contributed by atoms with E-state index in [2.05, 4.69) is 12.1 Å². The largest absolute Gasteiger partial charge is 0.490 e. The van der Waals surface area contributed by atoms with Gasteiger partial charge in [-0.15, -0.1) is 0 Å². The summed E-state index contributed by atoms with van der Waals surface area (Å²) in [6.07, 6.45) is 1.12. The van der Waals surface area contributed by atoms with Crippen molar-refractivity contribution in [3.8, 4) is 17.1 Å². The fraction of sp³-hybridized carbons (Fsp3) is 0.273. The minimum atomic E-state index is -0.394. The highest BCUT2D eigenvalue weighted by atomic mass is 16.5. The van der Waals surface area contributed by atoms with Gasteiger partial charge >= 0.3 is 5.97 Å². The van der Waals surface area contributed by atoms with Gasteiger partial charge in [-0.1, -0.05) is 17.3 Å². The Bertz CT molecular complexity index is 992. The number of rotatable bonds is 5. The van der Waals surface area contributed by atoms with Crippen LogP contribution in [0.1, 0.15) is 28.5 Å². The van der Waals surface area contributed by atoms with Crippen molar-refractivity contribution in [1.29, 1.82) is 0 Å².